The molecule has 0 unspecified atom stereocenters. The summed E-state index contributed by atoms with van der Waals surface area (Å²) in [6.07, 6.45) is 1.86. The van der Waals surface area contributed by atoms with Gasteiger partial charge in [0, 0.05) is 35.7 Å². The van der Waals surface area contributed by atoms with Crippen molar-refractivity contribution >= 4 is 45.7 Å². The van der Waals surface area contributed by atoms with E-state index in [4.69, 9.17) is 21.3 Å². The zero-order chi connectivity index (χ0) is 32.9. The Morgan fingerprint density at radius 3 is 2.52 bits per heavy atom. The fourth-order valence-corrected chi connectivity index (χ4v) is 7.59. The van der Waals surface area contributed by atoms with Crippen LogP contribution < -0.4 is 19.6 Å². The van der Waals surface area contributed by atoms with E-state index >= 15 is 0 Å². The Balaban J connectivity index is 1.61. The molecule has 0 fully saturated rings. The van der Waals surface area contributed by atoms with Crippen LogP contribution in [0, 0.1) is 19.7 Å². The predicted octanol–water partition coefficient (Wildman–Crippen LogP) is 6.47. The zero-order valence-corrected chi connectivity index (χ0v) is 28.1. The summed E-state index contributed by atoms with van der Waals surface area (Å²) >= 11 is 7.38. The fraction of sp³-hybridized carbons (Fsp3) is 0.250. The Morgan fingerprint density at radius 2 is 1.83 bits per heavy atom. The molecular formula is C36H34ClFN4O3S. The van der Waals surface area contributed by atoms with Crippen molar-refractivity contribution < 1.29 is 13.9 Å². The molecule has 2 aromatic heterocycles. The normalized spacial score (nSPS) is 14.9. The topological polar surface area (TPSA) is 68.8 Å². The number of nitrogens with zero attached hydrogens (tertiary/aromatic N) is 4. The molecule has 5 aromatic rings. The Kier molecular flexibility index (Phi) is 8.48. The number of likely N-dealkylation sites (N-methyl/N-ethyl adjacent to an activating group) is 1. The second-order valence-corrected chi connectivity index (χ2v) is 12.6. The third kappa shape index (κ3) is 5.17. The molecule has 0 N–H and O–H groups in total. The number of aryl methyl sites for hydroxylation is 1. The second kappa shape index (κ2) is 12.4. The van der Waals surface area contributed by atoms with Crippen LogP contribution in [0.25, 0.3) is 22.5 Å². The summed E-state index contributed by atoms with van der Waals surface area (Å²) in [5.74, 6) is -0.0675. The lowest BCUT2D eigenvalue weighted by Gasteiger charge is -2.30. The third-order valence-corrected chi connectivity index (χ3v) is 9.92. The average Bonchev–Trinajstić information content (AvgIpc) is 3.50. The molecule has 3 aromatic carbocycles. The van der Waals surface area contributed by atoms with Crippen LogP contribution in [0.15, 0.2) is 81.7 Å². The molecule has 3 heterocycles. The maximum absolute atomic E-state index is 14.5. The molecule has 1 amide bonds. The molecule has 0 saturated heterocycles. The fourth-order valence-electron chi connectivity index (χ4n) is 6.38. The van der Waals surface area contributed by atoms with Gasteiger partial charge in [0.05, 0.1) is 27.9 Å². The van der Waals surface area contributed by atoms with Gasteiger partial charge < -0.3 is 14.2 Å². The van der Waals surface area contributed by atoms with Gasteiger partial charge in [0.1, 0.15) is 17.6 Å². The van der Waals surface area contributed by atoms with Crippen molar-refractivity contribution in [2.75, 3.05) is 20.2 Å². The molecule has 0 bridgehead atoms. The van der Waals surface area contributed by atoms with Crippen LogP contribution in [0.5, 0.6) is 5.75 Å². The molecule has 0 radical (unpaired) electrons. The van der Waals surface area contributed by atoms with Crippen molar-refractivity contribution in [3.63, 3.8) is 0 Å². The first-order valence-electron chi connectivity index (χ1n) is 15.1. The van der Waals surface area contributed by atoms with E-state index in [9.17, 15) is 14.0 Å². The molecule has 6 rings (SSSR count). The number of fused-ring (bicyclic) bond motifs is 2. The minimum atomic E-state index is -0.763. The highest BCUT2D eigenvalue weighted by molar-refractivity contribution is 7.07. The maximum Gasteiger partial charge on any atom is 0.271 e. The Morgan fingerprint density at radius 1 is 1.09 bits per heavy atom. The van der Waals surface area contributed by atoms with Gasteiger partial charge in [-0.05, 0) is 87.4 Å². The van der Waals surface area contributed by atoms with Gasteiger partial charge >= 0.3 is 0 Å². The summed E-state index contributed by atoms with van der Waals surface area (Å²) in [6.45, 7) is 10.6. The zero-order valence-electron chi connectivity index (χ0n) is 26.5. The number of halogens is 2. The number of carbonyl (C=O) groups excluding carboxylic acids is 1. The number of allylic oxidation sites excluding steroid dienone is 1. The number of rotatable bonds is 7. The van der Waals surface area contributed by atoms with Crippen molar-refractivity contribution in [3.05, 3.63) is 125 Å². The van der Waals surface area contributed by atoms with Crippen LogP contribution in [0.3, 0.4) is 0 Å². The van der Waals surface area contributed by atoms with Crippen LogP contribution in [0.1, 0.15) is 49.3 Å². The van der Waals surface area contributed by atoms with Crippen LogP contribution >= 0.6 is 22.9 Å². The SMILES string of the molecule is CCN(CC)C(=O)C1=C(C)N=c2s/c(=C/c3cc(C)n(-c4ccc(F)c(Cl)c4)c3C)c(=O)n2[C@H]1c1c(OC)ccc2ccccc12. The standard InChI is InChI=1S/C36H34ClFN4O3S/c1-7-40(8-2)35(44)31-21(4)39-36-42(33(31)32-26-12-10-9-11-23(26)13-16-29(32)45-6)34(43)30(46-36)18-24-17-20(3)41(22(24)5)25-14-15-28(38)27(37)19-25/h9-19,33H,7-8H2,1-6H3/b30-18+/t33-/m1/s1. The maximum atomic E-state index is 14.5. The van der Waals surface area contributed by atoms with Gasteiger partial charge in [-0.2, -0.15) is 0 Å². The molecule has 1 atom stereocenters. The van der Waals surface area contributed by atoms with E-state index in [1.807, 2.05) is 87.7 Å². The lowest BCUT2D eigenvalue weighted by molar-refractivity contribution is -0.127. The molecule has 236 valence electrons. The third-order valence-electron chi connectivity index (χ3n) is 8.65. The highest BCUT2D eigenvalue weighted by Crippen LogP contribution is 2.40. The molecule has 0 spiro atoms. The minimum absolute atomic E-state index is 0.0363. The summed E-state index contributed by atoms with van der Waals surface area (Å²) in [7, 11) is 1.60. The monoisotopic (exact) mass is 656 g/mol. The van der Waals surface area contributed by atoms with Gasteiger partial charge in [0.2, 0.25) is 0 Å². The number of hydrogen-bond acceptors (Lipinski definition) is 5. The van der Waals surface area contributed by atoms with E-state index in [1.165, 1.54) is 17.4 Å². The van der Waals surface area contributed by atoms with Crippen molar-refractivity contribution in [2.24, 2.45) is 4.99 Å². The highest BCUT2D eigenvalue weighted by atomic mass is 35.5. The van der Waals surface area contributed by atoms with E-state index < -0.39 is 11.9 Å². The Bertz CT molecular complexity index is 2240. The highest BCUT2D eigenvalue weighted by Gasteiger charge is 2.36. The second-order valence-electron chi connectivity index (χ2n) is 11.2. The molecular weight excluding hydrogens is 623 g/mol. The number of carbonyl (C=O) groups is 1. The van der Waals surface area contributed by atoms with Gasteiger partial charge in [-0.1, -0.05) is 53.3 Å². The van der Waals surface area contributed by atoms with E-state index in [1.54, 1.807) is 28.7 Å². The summed E-state index contributed by atoms with van der Waals surface area (Å²) in [4.78, 5) is 35.8. The van der Waals surface area contributed by atoms with Gasteiger partial charge in [0.15, 0.2) is 4.80 Å². The van der Waals surface area contributed by atoms with Gasteiger partial charge in [-0.25, -0.2) is 9.38 Å². The van der Waals surface area contributed by atoms with Crippen molar-refractivity contribution in [1.29, 1.82) is 0 Å². The smallest absolute Gasteiger partial charge is 0.271 e. The van der Waals surface area contributed by atoms with Crippen LogP contribution in [0.4, 0.5) is 4.39 Å². The molecule has 7 nitrogen and oxygen atoms in total. The van der Waals surface area contributed by atoms with Gasteiger partial charge in [-0.3, -0.25) is 14.2 Å². The van der Waals surface area contributed by atoms with E-state index in [0.29, 0.717) is 39.4 Å². The van der Waals surface area contributed by atoms with E-state index in [2.05, 4.69) is 0 Å². The summed E-state index contributed by atoms with van der Waals surface area (Å²) < 4.78 is 23.9. The van der Waals surface area contributed by atoms with Crippen LogP contribution in [0.2, 0.25) is 5.02 Å². The molecule has 1 aliphatic rings. The number of benzene rings is 3. The van der Waals surface area contributed by atoms with Gasteiger partial charge in [-0.15, -0.1) is 0 Å². The lowest BCUT2D eigenvalue weighted by Crippen LogP contribution is -2.43. The first kappa shape index (κ1) is 31.5. The number of ether oxygens (including phenoxy) is 1. The molecule has 0 aliphatic carbocycles. The molecule has 46 heavy (non-hydrogen) atoms. The number of aromatic nitrogens is 2. The summed E-state index contributed by atoms with van der Waals surface area (Å²) in [6, 6.07) is 17.6. The quantitative estimate of drug-likeness (QED) is 0.202. The Hall–Kier alpha value is -4.47. The first-order chi connectivity index (χ1) is 22.1. The largest absolute Gasteiger partial charge is 0.496 e. The van der Waals surface area contributed by atoms with Crippen molar-refractivity contribution in [1.82, 2.24) is 14.0 Å². The number of hydrogen-bond donors (Lipinski definition) is 0. The predicted molar refractivity (Wildman–Crippen MR) is 182 cm³/mol. The van der Waals surface area contributed by atoms with Crippen molar-refractivity contribution in [2.45, 2.75) is 40.7 Å². The first-order valence-corrected chi connectivity index (χ1v) is 16.3. The molecule has 10 heteroatoms. The summed E-state index contributed by atoms with van der Waals surface area (Å²) in [5, 5.41) is 1.90. The average molecular weight is 657 g/mol. The molecule has 0 saturated carbocycles. The lowest BCUT2D eigenvalue weighted by atomic mass is 9.90. The molecule has 1 aliphatic heterocycles. The van der Waals surface area contributed by atoms with E-state index in [0.717, 1.165) is 39.0 Å². The van der Waals surface area contributed by atoms with Crippen LogP contribution in [-0.4, -0.2) is 40.1 Å². The summed E-state index contributed by atoms with van der Waals surface area (Å²) in [5.41, 5.74) is 4.82. The van der Waals surface area contributed by atoms with Gasteiger partial charge in [0.25, 0.3) is 11.5 Å². The van der Waals surface area contributed by atoms with Crippen molar-refractivity contribution in [3.8, 4) is 11.4 Å². The number of methoxy groups -OCH3 is 1. The van der Waals surface area contributed by atoms with E-state index in [-0.39, 0.29) is 16.5 Å². The number of amides is 1. The minimum Gasteiger partial charge on any atom is -0.496 e. The Labute approximate surface area is 275 Å². The van der Waals surface area contributed by atoms with Crippen LogP contribution in [-0.2, 0) is 4.79 Å². The number of thiazole rings is 1.